The molecule has 3 aliphatic rings. The molecule has 1 nitrogen and oxygen atoms in total. The number of nitrogens with zero attached hydrogens (tertiary/aromatic N) is 1. The molecule has 0 aromatic heterocycles. The smallest absolute Gasteiger partial charge is 0.0498 e. The van der Waals surface area contributed by atoms with Crippen molar-refractivity contribution in [3.8, 4) is 0 Å². The number of anilines is 2. The van der Waals surface area contributed by atoms with Gasteiger partial charge in [-0.15, -0.1) is 0 Å². The van der Waals surface area contributed by atoms with E-state index in [9.17, 15) is 0 Å². The highest BCUT2D eigenvalue weighted by atomic mass is 32.2. The molecule has 0 amide bonds. The monoisotopic (exact) mass is 553 g/mol. The summed E-state index contributed by atoms with van der Waals surface area (Å²) < 4.78 is 0. The van der Waals surface area contributed by atoms with Crippen molar-refractivity contribution in [2.45, 2.75) is 20.8 Å². The number of para-hydroxylation sites is 2. The summed E-state index contributed by atoms with van der Waals surface area (Å²) >= 11 is 1.75. The van der Waals surface area contributed by atoms with Crippen LogP contribution in [-0.4, -0.2) is 6.54 Å². The van der Waals surface area contributed by atoms with Crippen LogP contribution in [0.3, 0.4) is 0 Å². The molecule has 1 aliphatic heterocycles. The third-order valence-electron chi connectivity index (χ3n) is 8.20. The maximum Gasteiger partial charge on any atom is 0.0498 e. The molecule has 0 N–H and O–H groups in total. The van der Waals surface area contributed by atoms with E-state index in [4.69, 9.17) is 0 Å². The number of hydrogen-bond acceptors (Lipinski definition) is 2. The summed E-state index contributed by atoms with van der Waals surface area (Å²) in [4.78, 5) is 4.61. The molecule has 0 spiro atoms. The Labute approximate surface area is 250 Å². The molecule has 5 rings (SSSR count). The van der Waals surface area contributed by atoms with Crippen LogP contribution < -0.4 is 4.90 Å². The van der Waals surface area contributed by atoms with E-state index in [1.54, 1.807) is 11.8 Å². The first-order valence-electron chi connectivity index (χ1n) is 14.3. The van der Waals surface area contributed by atoms with Gasteiger partial charge in [0.1, 0.15) is 0 Å². The van der Waals surface area contributed by atoms with Gasteiger partial charge in [0.25, 0.3) is 0 Å². The third kappa shape index (κ3) is 5.89. The molecular formula is C39H39NS. The van der Waals surface area contributed by atoms with Gasteiger partial charge in [-0.3, -0.25) is 0 Å². The standard InChI is InChI=1S/C39H39NS/c1-6-18-35-32(7-2)34-24-13-8-10-19-30(20-14-16-25-36(34)39(35,4)5)38-27-28-40(31-21-11-9-12-22-31)37-26-17-15-23-33(37)29(3)41-38/h6-27,34,36H,2-3,28H2,1,4-5H3/b10-8+,18-6-,20-14-,24-13-,25-16+,30-19+,38-27-. The Bertz CT molecular complexity index is 1550. The lowest BCUT2D eigenvalue weighted by Crippen LogP contribution is -2.23. The fourth-order valence-corrected chi connectivity index (χ4v) is 7.09. The highest BCUT2D eigenvalue weighted by Gasteiger charge is 2.43. The average molecular weight is 554 g/mol. The molecule has 2 atom stereocenters. The van der Waals surface area contributed by atoms with E-state index < -0.39 is 0 Å². The quantitative estimate of drug-likeness (QED) is 0.370. The lowest BCUT2D eigenvalue weighted by atomic mass is 9.74. The largest absolute Gasteiger partial charge is 0.337 e. The van der Waals surface area contributed by atoms with E-state index >= 15 is 0 Å². The number of thioether (sulfide) groups is 1. The summed E-state index contributed by atoms with van der Waals surface area (Å²) in [5, 5.41) is 0. The molecule has 2 heteroatoms. The van der Waals surface area contributed by atoms with Gasteiger partial charge in [-0.25, -0.2) is 0 Å². The second kappa shape index (κ2) is 12.7. The molecule has 0 radical (unpaired) electrons. The van der Waals surface area contributed by atoms with Gasteiger partial charge < -0.3 is 4.90 Å². The van der Waals surface area contributed by atoms with E-state index in [1.807, 2.05) is 6.08 Å². The molecule has 2 aromatic rings. The third-order valence-corrected chi connectivity index (χ3v) is 9.29. The van der Waals surface area contributed by atoms with Gasteiger partial charge in [0, 0.05) is 39.2 Å². The van der Waals surface area contributed by atoms with Gasteiger partial charge in [-0.1, -0.05) is 154 Å². The predicted molar refractivity (Wildman–Crippen MR) is 182 cm³/mol. The first-order valence-corrected chi connectivity index (χ1v) is 15.2. The maximum absolute atomic E-state index is 4.51. The van der Waals surface area contributed by atoms with Crippen molar-refractivity contribution < 1.29 is 0 Å². The number of hydrogen-bond donors (Lipinski definition) is 0. The summed E-state index contributed by atoms with van der Waals surface area (Å²) in [6.07, 6.45) is 28.8. The van der Waals surface area contributed by atoms with Crippen LogP contribution in [0.5, 0.6) is 0 Å². The van der Waals surface area contributed by atoms with Gasteiger partial charge in [-0.05, 0) is 53.2 Å². The predicted octanol–water partition coefficient (Wildman–Crippen LogP) is 10.9. The number of fused-ring (bicyclic) bond motifs is 2. The van der Waals surface area contributed by atoms with Crippen molar-refractivity contribution in [3.63, 3.8) is 0 Å². The Morgan fingerprint density at radius 3 is 2.46 bits per heavy atom. The van der Waals surface area contributed by atoms with Crippen LogP contribution in [0.2, 0.25) is 0 Å². The first kappa shape index (κ1) is 28.5. The van der Waals surface area contributed by atoms with Crippen LogP contribution >= 0.6 is 11.8 Å². The molecule has 1 heterocycles. The lowest BCUT2D eigenvalue weighted by molar-refractivity contribution is 0.323. The Morgan fingerprint density at radius 2 is 1.68 bits per heavy atom. The summed E-state index contributed by atoms with van der Waals surface area (Å²) in [6.45, 7) is 16.2. The van der Waals surface area contributed by atoms with E-state index in [0.29, 0.717) is 11.8 Å². The van der Waals surface area contributed by atoms with E-state index in [1.165, 1.54) is 38.6 Å². The van der Waals surface area contributed by atoms with Gasteiger partial charge in [0.05, 0.1) is 0 Å². The molecule has 0 saturated heterocycles. The SMILES string of the molecule is C=CC1=C(/C=C\C)C(C)(C)C2\C=C\C=C/C(C3=C/CN(c4ccccc4)c4ccccc4C(=C)S\3)=C\C=C\C=C/C12. The first-order chi connectivity index (χ1) is 20.0. The fraction of sp³-hybridized carbons (Fsp3) is 0.179. The molecule has 2 aliphatic carbocycles. The van der Waals surface area contributed by atoms with Crippen LogP contribution in [0, 0.1) is 17.3 Å². The summed E-state index contributed by atoms with van der Waals surface area (Å²) in [7, 11) is 0. The van der Waals surface area contributed by atoms with Crippen LogP contribution in [0.25, 0.3) is 4.91 Å². The van der Waals surface area contributed by atoms with Crippen molar-refractivity contribution >= 4 is 28.0 Å². The van der Waals surface area contributed by atoms with E-state index in [-0.39, 0.29) is 5.41 Å². The van der Waals surface area contributed by atoms with Crippen molar-refractivity contribution in [2.75, 3.05) is 11.4 Å². The zero-order chi connectivity index (χ0) is 28.8. The zero-order valence-corrected chi connectivity index (χ0v) is 25.1. The van der Waals surface area contributed by atoms with Gasteiger partial charge in [0.2, 0.25) is 0 Å². The van der Waals surface area contributed by atoms with Gasteiger partial charge >= 0.3 is 0 Å². The van der Waals surface area contributed by atoms with Crippen LogP contribution in [0.1, 0.15) is 26.3 Å². The van der Waals surface area contributed by atoms with Crippen molar-refractivity contribution in [1.82, 2.24) is 0 Å². The normalized spacial score (nSPS) is 28.0. The summed E-state index contributed by atoms with van der Waals surface area (Å²) in [5.41, 5.74) is 7.39. The molecule has 2 aromatic carbocycles. The molecule has 0 bridgehead atoms. The summed E-state index contributed by atoms with van der Waals surface area (Å²) in [5.74, 6) is 0.635. The molecule has 0 saturated carbocycles. The Balaban J connectivity index is 1.50. The van der Waals surface area contributed by atoms with Crippen LogP contribution in [0.4, 0.5) is 11.4 Å². The van der Waals surface area contributed by atoms with Gasteiger partial charge in [0.15, 0.2) is 0 Å². The fourth-order valence-electron chi connectivity index (χ4n) is 6.13. The number of rotatable bonds is 4. The molecule has 0 fully saturated rings. The van der Waals surface area contributed by atoms with Crippen molar-refractivity contribution in [2.24, 2.45) is 17.3 Å². The number of benzene rings is 2. The highest BCUT2D eigenvalue weighted by molar-refractivity contribution is 8.12. The zero-order valence-electron chi connectivity index (χ0n) is 24.3. The minimum absolute atomic E-state index is 0.00578. The Kier molecular flexibility index (Phi) is 8.81. The van der Waals surface area contributed by atoms with Crippen molar-refractivity contribution in [3.05, 3.63) is 174 Å². The Hall–Kier alpha value is -4.01. The lowest BCUT2D eigenvalue weighted by Gasteiger charge is -2.30. The van der Waals surface area contributed by atoms with E-state index in [0.717, 1.165) is 11.4 Å². The maximum atomic E-state index is 4.51. The Morgan fingerprint density at radius 1 is 0.927 bits per heavy atom. The minimum Gasteiger partial charge on any atom is -0.337 e. The van der Waals surface area contributed by atoms with E-state index in [2.05, 4.69) is 166 Å². The molecule has 206 valence electrons. The van der Waals surface area contributed by atoms with Gasteiger partial charge in [-0.2, -0.15) is 0 Å². The van der Waals surface area contributed by atoms with Crippen LogP contribution in [0.15, 0.2) is 168 Å². The topological polar surface area (TPSA) is 3.24 Å². The second-order valence-electron chi connectivity index (χ2n) is 11.0. The number of allylic oxidation sites excluding steroid dienone is 15. The molecule has 41 heavy (non-hydrogen) atoms. The molecular weight excluding hydrogens is 515 g/mol. The highest BCUT2D eigenvalue weighted by Crippen LogP contribution is 2.53. The van der Waals surface area contributed by atoms with Crippen LogP contribution in [-0.2, 0) is 0 Å². The minimum atomic E-state index is 0.00578. The molecule has 2 unspecified atom stereocenters. The van der Waals surface area contributed by atoms with Crippen molar-refractivity contribution in [1.29, 1.82) is 0 Å². The average Bonchev–Trinajstić information content (AvgIpc) is 3.17. The summed E-state index contributed by atoms with van der Waals surface area (Å²) in [6, 6.07) is 19.2. The second-order valence-corrected chi connectivity index (χ2v) is 12.2.